The molecule has 1 aliphatic rings. The second kappa shape index (κ2) is 8.65. The molecule has 7 nitrogen and oxygen atoms in total. The van der Waals surface area contributed by atoms with Gasteiger partial charge in [0.05, 0.1) is 5.88 Å². The molecule has 4 rings (SSSR count). The van der Waals surface area contributed by atoms with E-state index in [1.807, 2.05) is 19.1 Å². The van der Waals surface area contributed by atoms with E-state index in [2.05, 4.69) is 20.3 Å². The summed E-state index contributed by atoms with van der Waals surface area (Å²) >= 11 is 1.54. The van der Waals surface area contributed by atoms with Crippen molar-refractivity contribution in [3.05, 3.63) is 60.0 Å². The van der Waals surface area contributed by atoms with Crippen LogP contribution in [0.25, 0.3) is 11.1 Å². The highest BCUT2D eigenvalue weighted by Gasteiger charge is 2.33. The summed E-state index contributed by atoms with van der Waals surface area (Å²) in [5.74, 6) is 0.597. The molecule has 1 atom stereocenters. The van der Waals surface area contributed by atoms with Crippen LogP contribution in [0.15, 0.2) is 48.8 Å². The van der Waals surface area contributed by atoms with Crippen molar-refractivity contribution in [2.24, 2.45) is 0 Å². The van der Waals surface area contributed by atoms with Crippen molar-refractivity contribution in [3.8, 4) is 11.1 Å². The fourth-order valence-electron chi connectivity index (χ4n) is 3.33. The normalized spacial score (nSPS) is 16.2. The summed E-state index contributed by atoms with van der Waals surface area (Å²) in [6, 6.07) is 9.26. The maximum absolute atomic E-state index is 12.9. The van der Waals surface area contributed by atoms with Crippen molar-refractivity contribution >= 4 is 35.2 Å². The fourth-order valence-corrected chi connectivity index (χ4v) is 4.49. The highest BCUT2D eigenvalue weighted by Crippen LogP contribution is 2.31. The average Bonchev–Trinajstić information content (AvgIpc) is 3.23. The van der Waals surface area contributed by atoms with Gasteiger partial charge in [0, 0.05) is 29.4 Å². The molecule has 11 heteroatoms. The standard InChI is InChI=1S/C21H18F3N5O2S/c1-12-6-14(8-15(7-12)27-20-25-5-4-17(28-20)21(22,23)24)13-2-3-18(26-9-13)29-11-32-10-16(29)19(30)31/h2-9,16H,10-11H2,1H3,(H,30,31)(H,25,27,28). The minimum atomic E-state index is -4.56. The Morgan fingerprint density at radius 2 is 2.00 bits per heavy atom. The Balaban J connectivity index is 1.57. The number of aliphatic carboxylic acids is 1. The molecule has 32 heavy (non-hydrogen) atoms. The SMILES string of the molecule is Cc1cc(Nc2nccc(C(F)(F)F)n2)cc(-c2ccc(N3CSCC3C(=O)O)nc2)c1. The van der Waals surface area contributed by atoms with Crippen molar-refractivity contribution in [1.82, 2.24) is 15.0 Å². The number of rotatable bonds is 5. The fraction of sp³-hybridized carbons (Fsp3) is 0.238. The molecule has 0 bridgehead atoms. The van der Waals surface area contributed by atoms with E-state index in [1.54, 1.807) is 29.3 Å². The van der Waals surface area contributed by atoms with Gasteiger partial charge in [-0.15, -0.1) is 11.8 Å². The van der Waals surface area contributed by atoms with E-state index in [1.165, 1.54) is 11.8 Å². The number of thioether (sulfide) groups is 1. The first-order valence-electron chi connectivity index (χ1n) is 9.53. The Bertz CT molecular complexity index is 1140. The molecule has 0 radical (unpaired) electrons. The molecule has 0 amide bonds. The van der Waals surface area contributed by atoms with Crippen LogP contribution >= 0.6 is 11.8 Å². The largest absolute Gasteiger partial charge is 0.480 e. The zero-order valence-electron chi connectivity index (χ0n) is 16.8. The third kappa shape index (κ3) is 4.77. The van der Waals surface area contributed by atoms with Gasteiger partial charge in [0.2, 0.25) is 5.95 Å². The number of aromatic nitrogens is 3. The lowest BCUT2D eigenvalue weighted by atomic mass is 10.0. The topological polar surface area (TPSA) is 91.2 Å². The number of hydrogen-bond acceptors (Lipinski definition) is 7. The van der Waals surface area contributed by atoms with Gasteiger partial charge in [-0.3, -0.25) is 0 Å². The number of nitrogens with zero attached hydrogens (tertiary/aromatic N) is 4. The van der Waals surface area contributed by atoms with Gasteiger partial charge < -0.3 is 15.3 Å². The van der Waals surface area contributed by atoms with E-state index in [0.717, 1.165) is 29.0 Å². The number of carbonyl (C=O) groups is 1. The summed E-state index contributed by atoms with van der Waals surface area (Å²) in [5, 5.41) is 12.2. The molecule has 1 aliphatic heterocycles. The Hall–Kier alpha value is -3.34. The number of nitrogens with one attached hydrogen (secondary N) is 1. The van der Waals surface area contributed by atoms with Crippen LogP contribution in [0.3, 0.4) is 0 Å². The lowest BCUT2D eigenvalue weighted by molar-refractivity contribution is -0.141. The number of halogens is 3. The molecule has 166 valence electrons. The third-order valence-corrected chi connectivity index (χ3v) is 5.83. The van der Waals surface area contributed by atoms with Gasteiger partial charge in [-0.1, -0.05) is 6.07 Å². The number of benzene rings is 1. The first kappa shape index (κ1) is 21.9. The Morgan fingerprint density at radius 3 is 2.69 bits per heavy atom. The monoisotopic (exact) mass is 461 g/mol. The van der Waals surface area contributed by atoms with Gasteiger partial charge in [0.1, 0.15) is 17.6 Å². The maximum Gasteiger partial charge on any atom is 0.433 e. The minimum absolute atomic E-state index is 0.156. The van der Waals surface area contributed by atoms with E-state index in [4.69, 9.17) is 0 Å². The van der Waals surface area contributed by atoms with Crippen LogP contribution in [0.1, 0.15) is 11.3 Å². The van der Waals surface area contributed by atoms with E-state index < -0.39 is 23.9 Å². The van der Waals surface area contributed by atoms with Crippen LogP contribution < -0.4 is 10.2 Å². The van der Waals surface area contributed by atoms with Crippen LogP contribution in [0.2, 0.25) is 0 Å². The van der Waals surface area contributed by atoms with Gasteiger partial charge in [0.15, 0.2) is 0 Å². The summed E-state index contributed by atoms with van der Waals surface area (Å²) in [4.78, 5) is 25.0. The van der Waals surface area contributed by atoms with E-state index in [0.29, 0.717) is 23.1 Å². The first-order chi connectivity index (χ1) is 15.2. The minimum Gasteiger partial charge on any atom is -0.480 e. The van der Waals surface area contributed by atoms with Gasteiger partial charge in [-0.2, -0.15) is 13.2 Å². The van der Waals surface area contributed by atoms with Gasteiger partial charge in [-0.25, -0.2) is 19.7 Å². The second-order valence-electron chi connectivity index (χ2n) is 7.20. The van der Waals surface area contributed by atoms with Crippen molar-refractivity contribution in [3.63, 3.8) is 0 Å². The van der Waals surface area contributed by atoms with Gasteiger partial charge >= 0.3 is 12.1 Å². The third-order valence-electron chi connectivity index (χ3n) is 4.82. The molecule has 1 unspecified atom stereocenters. The molecule has 0 aliphatic carbocycles. The van der Waals surface area contributed by atoms with Crippen LogP contribution in [0.5, 0.6) is 0 Å². The smallest absolute Gasteiger partial charge is 0.433 e. The molecular weight excluding hydrogens is 443 g/mol. The van der Waals surface area contributed by atoms with Crippen molar-refractivity contribution < 1.29 is 23.1 Å². The number of anilines is 3. The molecule has 2 N–H and O–H groups in total. The molecule has 1 aromatic carbocycles. The molecule has 0 saturated carbocycles. The lowest BCUT2D eigenvalue weighted by Crippen LogP contribution is -2.38. The van der Waals surface area contributed by atoms with Crippen molar-refractivity contribution in [2.45, 2.75) is 19.1 Å². The van der Waals surface area contributed by atoms with E-state index >= 15 is 0 Å². The molecule has 2 aromatic heterocycles. The predicted molar refractivity (Wildman–Crippen MR) is 116 cm³/mol. The average molecular weight is 461 g/mol. The molecule has 1 fully saturated rings. The number of carboxylic acids is 1. The number of hydrogen-bond donors (Lipinski definition) is 2. The Morgan fingerprint density at radius 1 is 1.19 bits per heavy atom. The number of pyridine rings is 1. The van der Waals surface area contributed by atoms with E-state index in [-0.39, 0.29) is 5.95 Å². The number of alkyl halides is 3. The van der Waals surface area contributed by atoms with Crippen LogP contribution in [-0.2, 0) is 11.0 Å². The van der Waals surface area contributed by atoms with Crippen LogP contribution in [0.4, 0.5) is 30.6 Å². The number of aryl methyl sites for hydroxylation is 1. The summed E-state index contributed by atoms with van der Waals surface area (Å²) in [6.45, 7) is 1.86. The maximum atomic E-state index is 12.9. The molecule has 3 heterocycles. The highest BCUT2D eigenvalue weighted by atomic mass is 32.2. The van der Waals surface area contributed by atoms with Crippen LogP contribution in [0, 0.1) is 6.92 Å². The lowest BCUT2D eigenvalue weighted by Gasteiger charge is -2.21. The summed E-state index contributed by atoms with van der Waals surface area (Å²) in [7, 11) is 0. The van der Waals surface area contributed by atoms with E-state index in [9.17, 15) is 23.1 Å². The second-order valence-corrected chi connectivity index (χ2v) is 8.20. The summed E-state index contributed by atoms with van der Waals surface area (Å²) in [6.07, 6.45) is -1.85. The highest BCUT2D eigenvalue weighted by molar-refractivity contribution is 7.99. The van der Waals surface area contributed by atoms with Gasteiger partial charge in [0.25, 0.3) is 0 Å². The quantitative estimate of drug-likeness (QED) is 0.571. The van der Waals surface area contributed by atoms with Gasteiger partial charge in [-0.05, 0) is 48.4 Å². The molecule has 3 aromatic rings. The molecular formula is C21H18F3N5O2S. The molecule has 1 saturated heterocycles. The zero-order valence-corrected chi connectivity index (χ0v) is 17.6. The van der Waals surface area contributed by atoms with Crippen molar-refractivity contribution in [2.75, 3.05) is 21.8 Å². The Labute approximate surface area is 185 Å². The summed E-state index contributed by atoms with van der Waals surface area (Å²) < 4.78 is 38.7. The zero-order chi connectivity index (χ0) is 22.9. The van der Waals surface area contributed by atoms with Crippen molar-refractivity contribution in [1.29, 1.82) is 0 Å². The van der Waals surface area contributed by atoms with Crippen LogP contribution in [-0.4, -0.2) is 43.7 Å². The first-order valence-corrected chi connectivity index (χ1v) is 10.7. The Kier molecular flexibility index (Phi) is 5.92. The molecule has 0 spiro atoms. The summed E-state index contributed by atoms with van der Waals surface area (Å²) in [5.41, 5.74) is 1.96. The predicted octanol–water partition coefficient (Wildman–Crippen LogP) is 4.57. The number of carboxylic acid groups (broad SMARTS) is 1.